The minimum absolute atomic E-state index is 0.142. The van der Waals surface area contributed by atoms with Crippen LogP contribution in [0.5, 0.6) is 0 Å². The quantitative estimate of drug-likeness (QED) is 0.579. The lowest BCUT2D eigenvalue weighted by molar-refractivity contribution is -0.659. The van der Waals surface area contributed by atoms with Crippen LogP contribution in [0.2, 0.25) is 19.6 Å². The fraction of sp³-hybridized carbons (Fsp3) is 0.450. The number of nitrogens with zero attached hydrogens (tertiary/aromatic N) is 1. The van der Waals surface area contributed by atoms with E-state index >= 15 is 0 Å². The number of hydrogen-bond acceptors (Lipinski definition) is 0. The fourth-order valence-corrected chi connectivity index (χ4v) is 4.90. The van der Waals surface area contributed by atoms with Crippen LogP contribution in [0.15, 0.2) is 30.5 Å². The number of benzene rings is 1. The van der Waals surface area contributed by atoms with Crippen molar-refractivity contribution in [3.63, 3.8) is 0 Å². The van der Waals surface area contributed by atoms with E-state index in [1.807, 2.05) is 20.0 Å². The average molecular weight is 331 g/mol. The van der Waals surface area contributed by atoms with Crippen LogP contribution >= 0.6 is 0 Å². The van der Waals surface area contributed by atoms with E-state index in [2.05, 4.69) is 50.3 Å². The van der Waals surface area contributed by atoms with Crippen LogP contribution in [0.1, 0.15) is 25.0 Å². The molecule has 0 N–H and O–H groups in total. The second kappa shape index (κ2) is 6.56. The van der Waals surface area contributed by atoms with Crippen molar-refractivity contribution in [3.05, 3.63) is 47.4 Å². The van der Waals surface area contributed by atoms with Gasteiger partial charge in [0.05, 0.1) is 13.6 Å². The number of rotatable bonds is 4. The third kappa shape index (κ3) is 3.89. The average Bonchev–Trinajstić information content (AvgIpc) is 2.39. The van der Waals surface area contributed by atoms with Crippen LogP contribution in [-0.2, 0) is 13.5 Å². The minimum atomic E-state index is -1.44. The first kappa shape index (κ1) is 17.9. The molecule has 23 heavy (non-hydrogen) atoms. The highest BCUT2D eigenvalue weighted by molar-refractivity contribution is 6.88. The molecule has 0 saturated heterocycles. The molecular formula is C20H29FNSi+. The van der Waals surface area contributed by atoms with Crippen LogP contribution in [0.4, 0.5) is 4.39 Å². The van der Waals surface area contributed by atoms with Crippen LogP contribution in [-0.4, -0.2) is 8.07 Å². The first-order chi connectivity index (χ1) is 10.6. The van der Waals surface area contributed by atoms with E-state index in [-0.39, 0.29) is 5.82 Å². The summed E-state index contributed by atoms with van der Waals surface area (Å²) in [7, 11) is 0.590. The molecule has 1 aromatic heterocycles. The molecule has 3 heteroatoms. The Bertz CT molecular complexity index is 694. The Kier molecular flexibility index (Phi) is 5.09. The zero-order valence-electron chi connectivity index (χ0n) is 15.5. The van der Waals surface area contributed by atoms with Crippen molar-refractivity contribution in [2.24, 2.45) is 13.0 Å². The summed E-state index contributed by atoms with van der Waals surface area (Å²) in [5.74, 6) is 0.448. The van der Waals surface area contributed by atoms with Crippen molar-refractivity contribution < 1.29 is 8.96 Å². The zero-order valence-corrected chi connectivity index (χ0v) is 16.5. The predicted molar refractivity (Wildman–Crippen MR) is 99.3 cm³/mol. The molecule has 124 valence electrons. The van der Waals surface area contributed by atoms with E-state index < -0.39 is 8.07 Å². The summed E-state index contributed by atoms with van der Waals surface area (Å²) in [6.45, 7) is 13.6. The molecule has 0 bridgehead atoms. The highest BCUT2D eigenvalue weighted by Gasteiger charge is 2.27. The van der Waals surface area contributed by atoms with Gasteiger partial charge in [0.15, 0.2) is 6.20 Å². The molecule has 1 aromatic carbocycles. The fourth-order valence-electron chi connectivity index (χ4n) is 3.18. The number of aryl methyl sites for hydroxylation is 2. The van der Waals surface area contributed by atoms with E-state index in [9.17, 15) is 4.39 Å². The molecule has 2 aromatic rings. The van der Waals surface area contributed by atoms with Crippen LogP contribution in [0.25, 0.3) is 11.3 Å². The first-order valence-electron chi connectivity index (χ1n) is 8.39. The summed E-state index contributed by atoms with van der Waals surface area (Å²) in [6.07, 6.45) is 3.28. The maximum atomic E-state index is 14.4. The Hall–Kier alpha value is -1.48. The van der Waals surface area contributed by atoms with Crippen LogP contribution < -0.4 is 9.75 Å². The van der Waals surface area contributed by atoms with Crippen molar-refractivity contribution in [1.29, 1.82) is 0 Å². The molecule has 0 aliphatic rings. The van der Waals surface area contributed by atoms with Crippen molar-refractivity contribution in [1.82, 2.24) is 0 Å². The van der Waals surface area contributed by atoms with Gasteiger partial charge in [-0.25, -0.2) is 8.96 Å². The molecule has 0 spiro atoms. The van der Waals surface area contributed by atoms with E-state index in [4.69, 9.17) is 0 Å². The van der Waals surface area contributed by atoms with Crippen LogP contribution in [0, 0.1) is 18.7 Å². The summed E-state index contributed by atoms with van der Waals surface area (Å²) >= 11 is 0. The van der Waals surface area contributed by atoms with Gasteiger partial charge >= 0.3 is 0 Å². The van der Waals surface area contributed by atoms with Gasteiger partial charge in [0.25, 0.3) is 0 Å². The Morgan fingerprint density at radius 2 is 1.83 bits per heavy atom. The first-order valence-corrected chi connectivity index (χ1v) is 11.9. The molecule has 0 radical (unpaired) electrons. The van der Waals surface area contributed by atoms with E-state index in [1.165, 1.54) is 10.8 Å². The second-order valence-corrected chi connectivity index (χ2v) is 13.0. The predicted octanol–water partition coefficient (Wildman–Crippen LogP) is 4.37. The summed E-state index contributed by atoms with van der Waals surface area (Å²) in [5.41, 5.74) is 4.06. The van der Waals surface area contributed by atoms with Crippen molar-refractivity contribution in [2.45, 2.75) is 46.8 Å². The van der Waals surface area contributed by atoms with E-state index in [0.29, 0.717) is 5.92 Å². The van der Waals surface area contributed by atoms with Gasteiger partial charge in [-0.3, -0.25) is 0 Å². The lowest BCUT2D eigenvalue weighted by atomic mass is 9.99. The molecule has 1 heterocycles. The third-order valence-corrected chi connectivity index (χ3v) is 6.34. The summed E-state index contributed by atoms with van der Waals surface area (Å²) in [5, 5.41) is 1.48. The molecular weight excluding hydrogens is 301 g/mol. The van der Waals surface area contributed by atoms with Gasteiger partial charge in [0.1, 0.15) is 12.9 Å². The Balaban J connectivity index is 2.72. The molecule has 0 amide bonds. The van der Waals surface area contributed by atoms with Crippen molar-refractivity contribution in [2.75, 3.05) is 0 Å². The molecule has 0 aliphatic carbocycles. The number of halogens is 1. The van der Waals surface area contributed by atoms with Gasteiger partial charge in [-0.15, -0.1) is 0 Å². The molecule has 0 aliphatic heterocycles. The highest BCUT2D eigenvalue weighted by Crippen LogP contribution is 2.25. The maximum Gasteiger partial charge on any atom is 0.215 e. The van der Waals surface area contributed by atoms with Gasteiger partial charge < -0.3 is 0 Å². The molecule has 0 saturated carbocycles. The van der Waals surface area contributed by atoms with Gasteiger partial charge in [0.2, 0.25) is 5.69 Å². The zero-order chi connectivity index (χ0) is 17.4. The number of hydrogen-bond donors (Lipinski definition) is 0. The third-order valence-electron chi connectivity index (χ3n) is 4.27. The summed E-state index contributed by atoms with van der Waals surface area (Å²) < 4.78 is 16.5. The maximum absolute atomic E-state index is 14.4. The lowest BCUT2D eigenvalue weighted by Crippen LogP contribution is -2.47. The normalized spacial score (nSPS) is 12.0. The largest absolute Gasteiger partial charge is 0.215 e. The molecule has 1 nitrogen and oxygen atoms in total. The van der Waals surface area contributed by atoms with Crippen molar-refractivity contribution >= 4 is 13.3 Å². The molecule has 0 atom stereocenters. The Labute approximate surface area is 141 Å². The molecule has 0 unspecified atom stereocenters. The second-order valence-electron chi connectivity index (χ2n) is 7.99. The number of aromatic nitrogens is 1. The Morgan fingerprint density at radius 1 is 1.17 bits per heavy atom. The SMILES string of the molecule is Cc1cccc(F)c1-c1cc(CC(C)C)c([Si](C)(C)C)c[n+]1C. The van der Waals surface area contributed by atoms with Gasteiger partial charge in [-0.2, -0.15) is 0 Å². The number of pyridine rings is 1. The minimum Gasteiger partial charge on any atom is -0.206 e. The van der Waals surface area contributed by atoms with E-state index in [0.717, 1.165) is 23.2 Å². The smallest absolute Gasteiger partial charge is 0.206 e. The van der Waals surface area contributed by atoms with Crippen LogP contribution in [0.3, 0.4) is 0 Å². The summed E-state index contributed by atoms with van der Waals surface area (Å²) in [6, 6.07) is 7.53. The van der Waals surface area contributed by atoms with Gasteiger partial charge in [-0.05, 0) is 36.5 Å². The standard InChI is InChI=1S/C20H29FNSi/c1-14(2)11-16-12-18(20-15(3)9-8-10-17(20)21)22(4)13-19(16)23(5,6)7/h8-10,12-14H,11H2,1-7H3/q+1. The molecule has 0 fully saturated rings. The Morgan fingerprint density at radius 3 is 2.35 bits per heavy atom. The van der Waals surface area contributed by atoms with Crippen molar-refractivity contribution in [3.8, 4) is 11.3 Å². The summed E-state index contributed by atoms with van der Waals surface area (Å²) in [4.78, 5) is 0. The topological polar surface area (TPSA) is 3.88 Å². The monoisotopic (exact) mass is 330 g/mol. The highest BCUT2D eigenvalue weighted by atomic mass is 28.3. The van der Waals surface area contributed by atoms with Gasteiger partial charge in [-0.1, -0.05) is 45.6 Å². The van der Waals surface area contributed by atoms with E-state index in [1.54, 1.807) is 12.1 Å². The van der Waals surface area contributed by atoms with Gasteiger partial charge in [0, 0.05) is 11.3 Å². The molecule has 2 rings (SSSR count). The lowest BCUT2D eigenvalue weighted by Gasteiger charge is -2.21.